The Morgan fingerprint density at radius 1 is 1.44 bits per heavy atom. The van der Waals surface area contributed by atoms with Gasteiger partial charge in [-0.15, -0.1) is 13.2 Å². The Labute approximate surface area is 104 Å². The first-order valence-corrected chi connectivity index (χ1v) is 4.74. The normalized spacial score (nSPS) is 10.7. The summed E-state index contributed by atoms with van der Waals surface area (Å²) < 4.78 is 44.3. The topological polar surface area (TPSA) is 59.3 Å². The highest BCUT2D eigenvalue weighted by Crippen LogP contribution is 2.33. The predicted molar refractivity (Wildman–Crippen MR) is 54.2 cm³/mol. The fraction of sp³-hybridized carbons (Fsp3) is 0.200. The van der Waals surface area contributed by atoms with Crippen LogP contribution in [0.3, 0.4) is 0 Å². The van der Waals surface area contributed by atoms with Crippen LogP contribution >= 0.6 is 11.6 Å². The molecule has 0 amide bonds. The SMILES string of the molecule is COC(=O)c1c(OC(F)(F)F)ccc(C#N)c1Cl. The molecule has 0 aliphatic rings. The predicted octanol–water partition coefficient (Wildman–Crippen LogP) is 2.90. The summed E-state index contributed by atoms with van der Waals surface area (Å²) in [6, 6.07) is 3.46. The Balaban J connectivity index is 3.40. The number of halogens is 4. The van der Waals surface area contributed by atoms with Crippen LogP contribution in [0.1, 0.15) is 15.9 Å². The van der Waals surface area contributed by atoms with Gasteiger partial charge in [-0.05, 0) is 12.1 Å². The van der Waals surface area contributed by atoms with Crippen molar-refractivity contribution in [1.29, 1.82) is 5.26 Å². The molecule has 0 unspecified atom stereocenters. The van der Waals surface area contributed by atoms with Gasteiger partial charge in [0.15, 0.2) is 0 Å². The molecule has 1 aromatic carbocycles. The highest BCUT2D eigenvalue weighted by molar-refractivity contribution is 6.35. The maximum Gasteiger partial charge on any atom is 0.573 e. The second kappa shape index (κ2) is 5.14. The number of hydrogen-bond acceptors (Lipinski definition) is 4. The molecule has 0 saturated carbocycles. The lowest BCUT2D eigenvalue weighted by Crippen LogP contribution is -2.19. The highest BCUT2D eigenvalue weighted by Gasteiger charge is 2.34. The second-order valence-electron chi connectivity index (χ2n) is 2.95. The van der Waals surface area contributed by atoms with Gasteiger partial charge in [-0.25, -0.2) is 4.79 Å². The van der Waals surface area contributed by atoms with E-state index in [-0.39, 0.29) is 5.56 Å². The molecule has 0 heterocycles. The van der Waals surface area contributed by atoms with Crippen molar-refractivity contribution in [2.75, 3.05) is 7.11 Å². The number of nitriles is 1. The molecular weight excluding hydrogens is 275 g/mol. The molecule has 0 bridgehead atoms. The van der Waals surface area contributed by atoms with Crippen LogP contribution in [0.15, 0.2) is 12.1 Å². The third-order valence-electron chi connectivity index (χ3n) is 1.84. The first kappa shape index (κ1) is 14.1. The zero-order valence-corrected chi connectivity index (χ0v) is 9.59. The Bertz CT molecular complexity index is 522. The van der Waals surface area contributed by atoms with Crippen molar-refractivity contribution in [2.45, 2.75) is 6.36 Å². The van der Waals surface area contributed by atoms with Crippen molar-refractivity contribution in [2.24, 2.45) is 0 Å². The van der Waals surface area contributed by atoms with Crippen LogP contribution in [0, 0.1) is 11.3 Å². The van der Waals surface area contributed by atoms with E-state index in [4.69, 9.17) is 16.9 Å². The lowest BCUT2D eigenvalue weighted by molar-refractivity contribution is -0.274. The van der Waals surface area contributed by atoms with Gasteiger partial charge < -0.3 is 9.47 Å². The molecule has 8 heteroatoms. The van der Waals surface area contributed by atoms with E-state index in [2.05, 4.69) is 9.47 Å². The summed E-state index contributed by atoms with van der Waals surface area (Å²) in [6.45, 7) is 0. The summed E-state index contributed by atoms with van der Waals surface area (Å²) in [7, 11) is 0.967. The number of methoxy groups -OCH3 is 1. The summed E-state index contributed by atoms with van der Waals surface area (Å²) in [5.41, 5.74) is -0.804. The van der Waals surface area contributed by atoms with Gasteiger partial charge in [-0.1, -0.05) is 11.6 Å². The minimum Gasteiger partial charge on any atom is -0.465 e. The zero-order valence-electron chi connectivity index (χ0n) is 8.84. The molecule has 4 nitrogen and oxygen atoms in total. The molecule has 0 radical (unpaired) electrons. The van der Waals surface area contributed by atoms with Crippen LogP contribution in [0.25, 0.3) is 0 Å². The number of esters is 1. The minimum atomic E-state index is -4.99. The van der Waals surface area contributed by atoms with Crippen LogP contribution in [-0.4, -0.2) is 19.4 Å². The van der Waals surface area contributed by atoms with Gasteiger partial charge in [0.2, 0.25) is 0 Å². The lowest BCUT2D eigenvalue weighted by atomic mass is 10.1. The van der Waals surface area contributed by atoms with Crippen molar-refractivity contribution in [3.8, 4) is 11.8 Å². The molecule has 0 fully saturated rings. The zero-order chi connectivity index (χ0) is 13.9. The van der Waals surface area contributed by atoms with Crippen LogP contribution < -0.4 is 4.74 Å². The maximum atomic E-state index is 12.1. The molecule has 0 saturated heterocycles. The molecule has 0 spiro atoms. The van der Waals surface area contributed by atoms with E-state index in [0.717, 1.165) is 19.2 Å². The fourth-order valence-corrected chi connectivity index (χ4v) is 1.42. The van der Waals surface area contributed by atoms with Gasteiger partial charge >= 0.3 is 12.3 Å². The van der Waals surface area contributed by atoms with Crippen molar-refractivity contribution in [3.63, 3.8) is 0 Å². The van der Waals surface area contributed by atoms with Gasteiger partial charge in [0.25, 0.3) is 0 Å². The average molecular weight is 280 g/mol. The number of carbonyl (C=O) groups excluding carboxylic acids is 1. The standard InChI is InChI=1S/C10H5ClF3NO3/c1-17-9(16)7-6(18-10(12,13)14)3-2-5(4-15)8(7)11/h2-3H,1H3. The molecule has 96 valence electrons. The quantitative estimate of drug-likeness (QED) is 0.781. The Kier molecular flexibility index (Phi) is 4.03. The average Bonchev–Trinajstić information content (AvgIpc) is 2.26. The summed E-state index contributed by atoms with van der Waals surface area (Å²) in [4.78, 5) is 11.3. The van der Waals surface area contributed by atoms with Gasteiger partial charge in [-0.2, -0.15) is 5.26 Å². The molecule has 0 atom stereocenters. The second-order valence-corrected chi connectivity index (χ2v) is 3.33. The van der Waals surface area contributed by atoms with E-state index in [0.29, 0.717) is 0 Å². The molecule has 0 aliphatic heterocycles. The van der Waals surface area contributed by atoms with E-state index >= 15 is 0 Å². The van der Waals surface area contributed by atoms with Gasteiger partial charge in [0.05, 0.1) is 17.7 Å². The fourth-order valence-electron chi connectivity index (χ4n) is 1.15. The highest BCUT2D eigenvalue weighted by atomic mass is 35.5. The van der Waals surface area contributed by atoms with Crippen molar-refractivity contribution in [1.82, 2.24) is 0 Å². The van der Waals surface area contributed by atoms with Crippen molar-refractivity contribution >= 4 is 17.6 Å². The number of alkyl halides is 3. The van der Waals surface area contributed by atoms with Crippen molar-refractivity contribution in [3.05, 3.63) is 28.3 Å². The van der Waals surface area contributed by atoms with E-state index in [1.807, 2.05) is 0 Å². The number of hydrogen-bond donors (Lipinski definition) is 0. The molecule has 1 rings (SSSR count). The molecular formula is C10H5ClF3NO3. The van der Waals surface area contributed by atoms with E-state index in [9.17, 15) is 18.0 Å². The van der Waals surface area contributed by atoms with Gasteiger partial charge in [0, 0.05) is 0 Å². The Hall–Kier alpha value is -1.94. The first-order valence-electron chi connectivity index (χ1n) is 4.36. The number of rotatable bonds is 2. The third kappa shape index (κ3) is 3.05. The molecule has 0 aromatic heterocycles. The smallest absolute Gasteiger partial charge is 0.465 e. The minimum absolute atomic E-state index is 0.161. The van der Waals surface area contributed by atoms with E-state index in [1.54, 1.807) is 6.07 Å². The monoisotopic (exact) mass is 279 g/mol. The third-order valence-corrected chi connectivity index (χ3v) is 2.23. The summed E-state index contributed by atoms with van der Waals surface area (Å²) in [6.07, 6.45) is -4.99. The lowest BCUT2D eigenvalue weighted by Gasteiger charge is -2.13. The first-order chi connectivity index (χ1) is 8.30. The van der Waals surface area contributed by atoms with Crippen LogP contribution in [0.2, 0.25) is 5.02 Å². The number of nitrogens with zero attached hydrogens (tertiary/aromatic N) is 1. The summed E-state index contributed by atoms with van der Waals surface area (Å²) in [5.74, 6) is -1.95. The number of ether oxygens (including phenoxy) is 2. The van der Waals surface area contributed by atoms with Gasteiger partial charge in [0.1, 0.15) is 17.4 Å². The van der Waals surface area contributed by atoms with Crippen LogP contribution in [0.4, 0.5) is 13.2 Å². The molecule has 0 N–H and O–H groups in total. The summed E-state index contributed by atoms with van der Waals surface area (Å²) in [5, 5.41) is 8.22. The molecule has 0 aliphatic carbocycles. The number of benzene rings is 1. The maximum absolute atomic E-state index is 12.1. The Morgan fingerprint density at radius 3 is 2.50 bits per heavy atom. The van der Waals surface area contributed by atoms with Crippen LogP contribution in [0.5, 0.6) is 5.75 Å². The van der Waals surface area contributed by atoms with Crippen LogP contribution in [-0.2, 0) is 4.74 Å². The number of carbonyl (C=O) groups is 1. The summed E-state index contributed by atoms with van der Waals surface area (Å²) >= 11 is 5.65. The van der Waals surface area contributed by atoms with Gasteiger partial charge in [-0.3, -0.25) is 0 Å². The van der Waals surface area contributed by atoms with E-state index in [1.165, 1.54) is 0 Å². The molecule has 18 heavy (non-hydrogen) atoms. The Morgan fingerprint density at radius 2 is 2.06 bits per heavy atom. The molecule has 1 aromatic rings. The largest absolute Gasteiger partial charge is 0.573 e. The van der Waals surface area contributed by atoms with E-state index < -0.39 is 28.7 Å². The van der Waals surface area contributed by atoms with Crippen molar-refractivity contribution < 1.29 is 27.4 Å².